The minimum Gasteiger partial charge on any atom is -0.355 e. The summed E-state index contributed by atoms with van der Waals surface area (Å²) in [5.74, 6) is 0.342. The van der Waals surface area contributed by atoms with Crippen LogP contribution in [0.5, 0.6) is 0 Å². The molecule has 0 saturated heterocycles. The van der Waals surface area contributed by atoms with Crippen LogP contribution in [0.15, 0.2) is 0 Å². The van der Waals surface area contributed by atoms with Gasteiger partial charge in [-0.05, 0) is 12.8 Å². The van der Waals surface area contributed by atoms with Gasteiger partial charge in [0, 0.05) is 24.8 Å². The fourth-order valence-electron chi connectivity index (χ4n) is 2.64. The summed E-state index contributed by atoms with van der Waals surface area (Å²) in [4.78, 5) is 23.3. The highest BCUT2D eigenvalue weighted by Crippen LogP contribution is 2.38. The lowest BCUT2D eigenvalue weighted by molar-refractivity contribution is -0.134. The first-order chi connectivity index (χ1) is 7.48. The van der Waals surface area contributed by atoms with Gasteiger partial charge >= 0.3 is 0 Å². The Balaban J connectivity index is 2.74. The highest BCUT2D eigenvalue weighted by Gasteiger charge is 2.40. The first-order valence-electron chi connectivity index (χ1n) is 6.27. The smallest absolute Gasteiger partial charge is 0.216 e. The van der Waals surface area contributed by atoms with Crippen LogP contribution in [0.25, 0.3) is 0 Å². The Morgan fingerprint density at radius 3 is 2.19 bits per heavy atom. The van der Waals surface area contributed by atoms with Crippen LogP contribution >= 0.6 is 0 Å². The second-order valence-electron chi connectivity index (χ2n) is 5.27. The quantitative estimate of drug-likeness (QED) is 0.798. The van der Waals surface area contributed by atoms with Crippen molar-refractivity contribution in [1.29, 1.82) is 0 Å². The van der Waals surface area contributed by atoms with Crippen LogP contribution in [0.4, 0.5) is 0 Å². The zero-order valence-corrected chi connectivity index (χ0v) is 10.6. The van der Waals surface area contributed by atoms with Crippen molar-refractivity contribution < 1.29 is 9.59 Å². The molecule has 0 atom stereocenters. The SMILES string of the molecule is CC(=O)NCC1(C(=O)C(C)C)CCCCC1. The van der Waals surface area contributed by atoms with Crippen molar-refractivity contribution in [2.24, 2.45) is 11.3 Å². The topological polar surface area (TPSA) is 46.2 Å². The van der Waals surface area contributed by atoms with Crippen LogP contribution in [0.3, 0.4) is 0 Å². The molecule has 1 amide bonds. The Morgan fingerprint density at radius 1 is 1.19 bits per heavy atom. The van der Waals surface area contributed by atoms with Crippen LogP contribution in [0.2, 0.25) is 0 Å². The average molecular weight is 225 g/mol. The van der Waals surface area contributed by atoms with Crippen LogP contribution in [-0.4, -0.2) is 18.2 Å². The van der Waals surface area contributed by atoms with E-state index < -0.39 is 0 Å². The van der Waals surface area contributed by atoms with Gasteiger partial charge in [-0.1, -0.05) is 33.1 Å². The summed E-state index contributed by atoms with van der Waals surface area (Å²) in [6.07, 6.45) is 5.30. The molecule has 0 heterocycles. The molecule has 0 aromatic heterocycles. The second kappa shape index (κ2) is 5.46. The number of carbonyl (C=O) groups excluding carboxylic acids is 2. The van der Waals surface area contributed by atoms with E-state index in [1.165, 1.54) is 13.3 Å². The Kier molecular flexibility index (Phi) is 4.51. The largest absolute Gasteiger partial charge is 0.355 e. The molecule has 3 heteroatoms. The molecular weight excluding hydrogens is 202 g/mol. The lowest BCUT2D eigenvalue weighted by Gasteiger charge is -2.37. The van der Waals surface area contributed by atoms with Gasteiger partial charge in [0.2, 0.25) is 5.91 Å². The van der Waals surface area contributed by atoms with Gasteiger partial charge in [-0.15, -0.1) is 0 Å². The van der Waals surface area contributed by atoms with Crippen LogP contribution in [-0.2, 0) is 9.59 Å². The minimum absolute atomic E-state index is 0.0403. The molecule has 0 aromatic carbocycles. The molecule has 1 rings (SSSR count). The van der Waals surface area contributed by atoms with E-state index in [1.54, 1.807) is 0 Å². The van der Waals surface area contributed by atoms with Crippen molar-refractivity contribution in [3.63, 3.8) is 0 Å². The molecule has 0 radical (unpaired) electrons. The highest BCUT2D eigenvalue weighted by atomic mass is 16.1. The second-order valence-corrected chi connectivity index (χ2v) is 5.27. The van der Waals surface area contributed by atoms with Crippen molar-refractivity contribution in [1.82, 2.24) is 5.32 Å². The Labute approximate surface area is 98.0 Å². The van der Waals surface area contributed by atoms with E-state index in [1.807, 2.05) is 13.8 Å². The first kappa shape index (κ1) is 13.2. The summed E-state index contributed by atoms with van der Waals surface area (Å²) in [5, 5.41) is 2.83. The van der Waals surface area contributed by atoms with Crippen molar-refractivity contribution in [3.05, 3.63) is 0 Å². The summed E-state index contributed by atoms with van der Waals surface area (Å²) < 4.78 is 0. The number of rotatable bonds is 4. The molecule has 16 heavy (non-hydrogen) atoms. The van der Waals surface area contributed by atoms with Crippen molar-refractivity contribution in [2.75, 3.05) is 6.54 Å². The standard InChI is InChI=1S/C13H23NO2/c1-10(2)12(16)13(9-14-11(3)15)7-5-4-6-8-13/h10H,4-9H2,1-3H3,(H,14,15). The van der Waals surface area contributed by atoms with Crippen LogP contribution < -0.4 is 5.32 Å². The summed E-state index contributed by atoms with van der Waals surface area (Å²) >= 11 is 0. The fraction of sp³-hybridized carbons (Fsp3) is 0.846. The molecule has 1 saturated carbocycles. The van der Waals surface area contributed by atoms with E-state index in [2.05, 4.69) is 5.32 Å². The number of Topliss-reactive ketones (excluding diaryl/α,β-unsaturated/α-hetero) is 1. The molecule has 92 valence electrons. The lowest BCUT2D eigenvalue weighted by atomic mass is 9.68. The Hall–Kier alpha value is -0.860. The van der Waals surface area contributed by atoms with Gasteiger partial charge in [-0.2, -0.15) is 0 Å². The third kappa shape index (κ3) is 3.06. The van der Waals surface area contributed by atoms with E-state index in [0.717, 1.165) is 25.7 Å². The van der Waals surface area contributed by atoms with Crippen molar-refractivity contribution >= 4 is 11.7 Å². The zero-order chi connectivity index (χ0) is 12.2. The first-order valence-corrected chi connectivity index (χ1v) is 6.27. The highest BCUT2D eigenvalue weighted by molar-refractivity contribution is 5.87. The molecule has 0 bridgehead atoms. The molecule has 0 aliphatic heterocycles. The van der Waals surface area contributed by atoms with Gasteiger partial charge in [-0.25, -0.2) is 0 Å². The monoisotopic (exact) mass is 225 g/mol. The normalized spacial score (nSPS) is 19.5. The molecule has 0 spiro atoms. The molecular formula is C13H23NO2. The maximum absolute atomic E-state index is 12.3. The predicted molar refractivity (Wildman–Crippen MR) is 64.0 cm³/mol. The van der Waals surface area contributed by atoms with Crippen molar-refractivity contribution in [2.45, 2.75) is 52.9 Å². The average Bonchev–Trinajstić information content (AvgIpc) is 2.26. The fourth-order valence-corrected chi connectivity index (χ4v) is 2.64. The summed E-state index contributed by atoms with van der Waals surface area (Å²) in [6, 6.07) is 0. The van der Waals surface area contributed by atoms with E-state index in [9.17, 15) is 9.59 Å². The third-order valence-corrected chi connectivity index (χ3v) is 3.53. The van der Waals surface area contributed by atoms with Gasteiger partial charge in [-0.3, -0.25) is 9.59 Å². The maximum atomic E-state index is 12.3. The maximum Gasteiger partial charge on any atom is 0.216 e. The number of nitrogens with one attached hydrogen (secondary N) is 1. The number of ketones is 1. The third-order valence-electron chi connectivity index (χ3n) is 3.53. The van der Waals surface area contributed by atoms with Gasteiger partial charge in [0.25, 0.3) is 0 Å². The summed E-state index contributed by atoms with van der Waals surface area (Å²) in [7, 11) is 0. The molecule has 3 nitrogen and oxygen atoms in total. The van der Waals surface area contributed by atoms with Gasteiger partial charge in [0.15, 0.2) is 0 Å². The molecule has 0 aromatic rings. The number of amides is 1. The minimum atomic E-state index is -0.280. The predicted octanol–water partition coefficient (Wildman–Crippen LogP) is 2.30. The molecule has 0 unspecified atom stereocenters. The molecule has 1 aliphatic rings. The zero-order valence-electron chi connectivity index (χ0n) is 10.6. The van der Waals surface area contributed by atoms with Crippen LogP contribution in [0.1, 0.15) is 52.9 Å². The lowest BCUT2D eigenvalue weighted by Crippen LogP contribution is -2.45. The molecule has 1 N–H and O–H groups in total. The number of hydrogen-bond donors (Lipinski definition) is 1. The number of carbonyl (C=O) groups is 2. The molecule has 1 fully saturated rings. The van der Waals surface area contributed by atoms with E-state index >= 15 is 0 Å². The van der Waals surface area contributed by atoms with E-state index in [-0.39, 0.29) is 17.2 Å². The van der Waals surface area contributed by atoms with Gasteiger partial charge in [0.05, 0.1) is 0 Å². The van der Waals surface area contributed by atoms with E-state index in [0.29, 0.717) is 12.3 Å². The van der Waals surface area contributed by atoms with Crippen LogP contribution in [0, 0.1) is 11.3 Å². The van der Waals surface area contributed by atoms with Gasteiger partial charge < -0.3 is 5.32 Å². The summed E-state index contributed by atoms with van der Waals surface area (Å²) in [6.45, 7) is 5.94. The Bertz CT molecular complexity index is 265. The van der Waals surface area contributed by atoms with E-state index in [4.69, 9.17) is 0 Å². The van der Waals surface area contributed by atoms with Gasteiger partial charge in [0.1, 0.15) is 5.78 Å². The number of hydrogen-bond acceptors (Lipinski definition) is 2. The molecule has 1 aliphatic carbocycles. The van der Waals surface area contributed by atoms with Crippen molar-refractivity contribution in [3.8, 4) is 0 Å². The Morgan fingerprint density at radius 2 is 1.75 bits per heavy atom. The summed E-state index contributed by atoms with van der Waals surface area (Å²) in [5.41, 5.74) is -0.280.